The summed E-state index contributed by atoms with van der Waals surface area (Å²) in [7, 11) is 2.00. The molecule has 0 saturated heterocycles. The monoisotopic (exact) mass is 236 g/mol. The van der Waals surface area contributed by atoms with E-state index in [1.165, 1.54) is 18.4 Å². The Hall–Kier alpha value is -1.09. The van der Waals surface area contributed by atoms with Gasteiger partial charge in [-0.3, -0.25) is 4.98 Å². The quantitative estimate of drug-likeness (QED) is 0.752. The number of hydrogen-bond donors (Lipinski definition) is 1. The average Bonchev–Trinajstić information content (AvgIpc) is 2.38. The molecule has 3 heteroatoms. The van der Waals surface area contributed by atoms with Crippen molar-refractivity contribution in [3.63, 3.8) is 0 Å². The molecule has 0 amide bonds. The fourth-order valence-corrected chi connectivity index (χ4v) is 1.81. The molecular formula is C14H24N2O. The number of hydrogen-bond acceptors (Lipinski definition) is 3. The summed E-state index contributed by atoms with van der Waals surface area (Å²) in [6, 6.07) is 2.48. The lowest BCUT2D eigenvalue weighted by molar-refractivity contribution is 0.315. The van der Waals surface area contributed by atoms with Gasteiger partial charge in [-0.1, -0.05) is 26.7 Å². The minimum Gasteiger partial charge on any atom is -0.492 e. The highest BCUT2D eigenvalue weighted by molar-refractivity contribution is 5.26. The highest BCUT2D eigenvalue weighted by Gasteiger charge is 2.09. The molecule has 1 aromatic rings. The molecule has 3 nitrogen and oxygen atoms in total. The van der Waals surface area contributed by atoms with Gasteiger partial charge in [-0.25, -0.2) is 0 Å². The van der Waals surface area contributed by atoms with Crippen molar-refractivity contribution in [2.45, 2.75) is 45.6 Å². The first-order chi connectivity index (χ1) is 8.31. The number of nitrogens with one attached hydrogen (secondary N) is 1. The predicted octanol–water partition coefficient (Wildman–Crippen LogP) is 3.32. The van der Waals surface area contributed by atoms with Gasteiger partial charge in [-0.05, 0) is 31.5 Å². The third kappa shape index (κ3) is 4.73. The lowest BCUT2D eigenvalue weighted by Gasteiger charge is -2.16. The van der Waals surface area contributed by atoms with E-state index < -0.39 is 0 Å². The molecule has 1 aromatic heterocycles. The Kier molecular flexibility index (Phi) is 6.63. The average molecular weight is 236 g/mol. The molecule has 96 valence electrons. The smallest absolute Gasteiger partial charge is 0.137 e. The van der Waals surface area contributed by atoms with Crippen molar-refractivity contribution in [2.75, 3.05) is 13.7 Å². The van der Waals surface area contributed by atoms with Crippen LogP contribution >= 0.6 is 0 Å². The number of nitrogens with zero attached hydrogens (tertiary/aromatic N) is 1. The van der Waals surface area contributed by atoms with Crippen LogP contribution < -0.4 is 10.1 Å². The third-order valence-corrected chi connectivity index (χ3v) is 2.80. The molecule has 0 aromatic carbocycles. The second kappa shape index (κ2) is 8.07. The molecule has 1 atom stereocenters. The SMILES string of the molecule is CCCCC(NC)c1cncc(OCCC)c1. The highest BCUT2D eigenvalue weighted by Crippen LogP contribution is 2.21. The summed E-state index contributed by atoms with van der Waals surface area (Å²) in [4.78, 5) is 4.25. The van der Waals surface area contributed by atoms with Gasteiger partial charge < -0.3 is 10.1 Å². The zero-order valence-corrected chi connectivity index (χ0v) is 11.2. The molecule has 0 spiro atoms. The first-order valence-corrected chi connectivity index (χ1v) is 6.56. The first kappa shape index (κ1) is 14.0. The molecule has 0 aliphatic rings. The van der Waals surface area contributed by atoms with Crippen molar-refractivity contribution in [3.8, 4) is 5.75 Å². The van der Waals surface area contributed by atoms with Crippen LogP contribution in [-0.4, -0.2) is 18.6 Å². The summed E-state index contributed by atoms with van der Waals surface area (Å²) in [6.07, 6.45) is 8.33. The Morgan fingerprint density at radius 2 is 2.12 bits per heavy atom. The van der Waals surface area contributed by atoms with E-state index in [9.17, 15) is 0 Å². The summed E-state index contributed by atoms with van der Waals surface area (Å²) in [6.45, 7) is 5.07. The molecule has 0 saturated carbocycles. The zero-order valence-electron chi connectivity index (χ0n) is 11.2. The van der Waals surface area contributed by atoms with Crippen LogP contribution in [-0.2, 0) is 0 Å². The lowest BCUT2D eigenvalue weighted by Crippen LogP contribution is -2.16. The van der Waals surface area contributed by atoms with Gasteiger partial charge in [-0.2, -0.15) is 0 Å². The Labute approximate surface area is 105 Å². The van der Waals surface area contributed by atoms with Gasteiger partial charge in [0.1, 0.15) is 5.75 Å². The molecule has 0 fully saturated rings. The van der Waals surface area contributed by atoms with E-state index in [1.807, 2.05) is 13.2 Å². The third-order valence-electron chi connectivity index (χ3n) is 2.80. The minimum absolute atomic E-state index is 0.382. The molecule has 0 radical (unpaired) electrons. The molecule has 0 bridgehead atoms. The molecule has 0 aliphatic heterocycles. The van der Waals surface area contributed by atoms with Gasteiger partial charge in [0.25, 0.3) is 0 Å². The molecule has 1 heterocycles. The number of rotatable bonds is 8. The largest absolute Gasteiger partial charge is 0.492 e. The summed E-state index contributed by atoms with van der Waals surface area (Å²) < 4.78 is 5.60. The molecule has 1 N–H and O–H groups in total. The van der Waals surface area contributed by atoms with Crippen LogP contribution in [0.5, 0.6) is 5.75 Å². The minimum atomic E-state index is 0.382. The summed E-state index contributed by atoms with van der Waals surface area (Å²) in [5, 5.41) is 3.34. The Balaban J connectivity index is 2.66. The summed E-state index contributed by atoms with van der Waals surface area (Å²) >= 11 is 0. The van der Waals surface area contributed by atoms with Crippen LogP contribution in [0, 0.1) is 0 Å². The first-order valence-electron chi connectivity index (χ1n) is 6.56. The number of aromatic nitrogens is 1. The summed E-state index contributed by atoms with van der Waals surface area (Å²) in [5.74, 6) is 0.876. The van der Waals surface area contributed by atoms with E-state index in [-0.39, 0.29) is 0 Å². The van der Waals surface area contributed by atoms with Crippen LogP contribution in [0.1, 0.15) is 51.1 Å². The van der Waals surface area contributed by atoms with Gasteiger partial charge in [0.05, 0.1) is 12.8 Å². The van der Waals surface area contributed by atoms with Crippen molar-refractivity contribution in [2.24, 2.45) is 0 Å². The number of pyridine rings is 1. The summed E-state index contributed by atoms with van der Waals surface area (Å²) in [5.41, 5.74) is 1.22. The maximum absolute atomic E-state index is 5.60. The maximum atomic E-state index is 5.60. The van der Waals surface area contributed by atoms with Crippen LogP contribution in [0.3, 0.4) is 0 Å². The fraction of sp³-hybridized carbons (Fsp3) is 0.643. The van der Waals surface area contributed by atoms with Crippen molar-refractivity contribution in [1.82, 2.24) is 10.3 Å². The van der Waals surface area contributed by atoms with Crippen molar-refractivity contribution in [1.29, 1.82) is 0 Å². The zero-order chi connectivity index (χ0) is 12.5. The van der Waals surface area contributed by atoms with Crippen LogP contribution in [0.25, 0.3) is 0 Å². The molecule has 0 aliphatic carbocycles. The van der Waals surface area contributed by atoms with E-state index in [2.05, 4.69) is 30.2 Å². The lowest BCUT2D eigenvalue weighted by atomic mass is 10.0. The van der Waals surface area contributed by atoms with Crippen molar-refractivity contribution < 1.29 is 4.74 Å². The molecular weight excluding hydrogens is 212 g/mol. The topological polar surface area (TPSA) is 34.2 Å². The van der Waals surface area contributed by atoms with Gasteiger partial charge >= 0.3 is 0 Å². The van der Waals surface area contributed by atoms with Gasteiger partial charge in [0.2, 0.25) is 0 Å². The van der Waals surface area contributed by atoms with Crippen molar-refractivity contribution >= 4 is 0 Å². The Bertz CT molecular complexity index is 315. The van der Waals surface area contributed by atoms with E-state index >= 15 is 0 Å². The molecule has 17 heavy (non-hydrogen) atoms. The maximum Gasteiger partial charge on any atom is 0.137 e. The normalized spacial score (nSPS) is 12.4. The number of ether oxygens (including phenoxy) is 1. The number of unbranched alkanes of at least 4 members (excludes halogenated alkanes) is 1. The van der Waals surface area contributed by atoms with Crippen LogP contribution in [0.15, 0.2) is 18.5 Å². The van der Waals surface area contributed by atoms with Crippen LogP contribution in [0.4, 0.5) is 0 Å². The fourth-order valence-electron chi connectivity index (χ4n) is 1.81. The second-order valence-corrected chi connectivity index (χ2v) is 4.29. The predicted molar refractivity (Wildman–Crippen MR) is 71.3 cm³/mol. The second-order valence-electron chi connectivity index (χ2n) is 4.29. The molecule has 1 unspecified atom stereocenters. The van der Waals surface area contributed by atoms with E-state index in [1.54, 1.807) is 6.20 Å². The van der Waals surface area contributed by atoms with Gasteiger partial charge in [-0.15, -0.1) is 0 Å². The van der Waals surface area contributed by atoms with Crippen LogP contribution in [0.2, 0.25) is 0 Å². The highest BCUT2D eigenvalue weighted by atomic mass is 16.5. The van der Waals surface area contributed by atoms with Gasteiger partial charge in [0.15, 0.2) is 0 Å². The van der Waals surface area contributed by atoms with E-state index in [4.69, 9.17) is 4.74 Å². The Morgan fingerprint density at radius 1 is 1.29 bits per heavy atom. The van der Waals surface area contributed by atoms with Crippen molar-refractivity contribution in [3.05, 3.63) is 24.0 Å². The standard InChI is InChI=1S/C14H24N2O/c1-4-6-7-14(15-3)12-9-13(11-16-10-12)17-8-5-2/h9-11,14-15H,4-8H2,1-3H3. The van der Waals surface area contributed by atoms with E-state index in [0.29, 0.717) is 6.04 Å². The van der Waals surface area contributed by atoms with E-state index in [0.717, 1.165) is 25.2 Å². The molecule has 1 rings (SSSR count). The Morgan fingerprint density at radius 3 is 2.76 bits per heavy atom. The van der Waals surface area contributed by atoms with Gasteiger partial charge in [0, 0.05) is 12.2 Å².